The Morgan fingerprint density at radius 2 is 2.00 bits per heavy atom. The highest BCUT2D eigenvalue weighted by Crippen LogP contribution is 2.40. The minimum atomic E-state index is 0.535. The second kappa shape index (κ2) is 5.44. The van der Waals surface area contributed by atoms with E-state index in [2.05, 4.69) is 9.36 Å². The minimum absolute atomic E-state index is 0.535. The van der Waals surface area contributed by atoms with Crippen molar-refractivity contribution in [2.24, 2.45) is 0 Å². The molecule has 1 aromatic carbocycles. The molecule has 90 valence electrons. The van der Waals surface area contributed by atoms with E-state index in [1.54, 1.807) is 12.1 Å². The highest BCUT2D eigenvalue weighted by Gasteiger charge is 2.12. The van der Waals surface area contributed by atoms with Crippen LogP contribution in [0.25, 0.3) is 0 Å². The number of rotatable bonds is 3. The summed E-state index contributed by atoms with van der Waals surface area (Å²) in [5, 5.41) is 1.07. The van der Waals surface area contributed by atoms with E-state index in [1.165, 1.54) is 23.3 Å². The monoisotopic (exact) mass is 305 g/mol. The van der Waals surface area contributed by atoms with E-state index >= 15 is 0 Å². The molecule has 0 radical (unpaired) electrons. The van der Waals surface area contributed by atoms with Crippen molar-refractivity contribution in [3.8, 4) is 0 Å². The van der Waals surface area contributed by atoms with E-state index in [0.29, 0.717) is 15.7 Å². The molecule has 0 spiro atoms. The van der Waals surface area contributed by atoms with E-state index in [4.69, 9.17) is 28.9 Å². The maximum Gasteiger partial charge on any atom is 0.174 e. The predicted octanol–water partition coefficient (Wildman–Crippen LogP) is 4.14. The Balaban J connectivity index is 2.29. The molecule has 0 fully saturated rings. The van der Waals surface area contributed by atoms with Gasteiger partial charge in [-0.1, -0.05) is 41.9 Å². The zero-order valence-electron chi connectivity index (χ0n) is 8.91. The molecule has 2 aromatic rings. The summed E-state index contributed by atoms with van der Waals surface area (Å²) in [4.78, 5) is 5.12. The van der Waals surface area contributed by atoms with Gasteiger partial charge >= 0.3 is 0 Å². The van der Waals surface area contributed by atoms with Crippen molar-refractivity contribution in [1.29, 1.82) is 0 Å². The maximum absolute atomic E-state index is 6.10. The number of aryl methyl sites for hydroxylation is 1. The molecule has 0 bridgehead atoms. The van der Waals surface area contributed by atoms with Crippen LogP contribution in [-0.2, 0) is 6.42 Å². The van der Waals surface area contributed by atoms with Crippen LogP contribution < -0.4 is 5.73 Å². The SMILES string of the molecule is CCc1nsc(Sc2c(Cl)cc(N)cc2Cl)n1. The van der Waals surface area contributed by atoms with Crippen molar-refractivity contribution in [2.75, 3.05) is 5.73 Å². The molecule has 0 unspecified atom stereocenters. The van der Waals surface area contributed by atoms with Gasteiger partial charge in [-0.05, 0) is 23.7 Å². The van der Waals surface area contributed by atoms with Crippen LogP contribution in [0, 0.1) is 0 Å². The van der Waals surface area contributed by atoms with Gasteiger partial charge in [0.2, 0.25) is 0 Å². The Bertz CT molecular complexity index is 519. The summed E-state index contributed by atoms with van der Waals surface area (Å²) in [6.07, 6.45) is 0.820. The van der Waals surface area contributed by atoms with E-state index in [1.807, 2.05) is 6.92 Å². The number of hydrogen-bond acceptors (Lipinski definition) is 5. The van der Waals surface area contributed by atoms with Crippen LogP contribution in [0.4, 0.5) is 5.69 Å². The zero-order valence-corrected chi connectivity index (χ0v) is 12.1. The molecule has 0 saturated heterocycles. The quantitative estimate of drug-likeness (QED) is 0.866. The number of hydrogen-bond donors (Lipinski definition) is 1. The second-order valence-electron chi connectivity index (χ2n) is 3.25. The van der Waals surface area contributed by atoms with Gasteiger partial charge in [-0.2, -0.15) is 4.37 Å². The van der Waals surface area contributed by atoms with Gasteiger partial charge in [0.25, 0.3) is 0 Å². The second-order valence-corrected chi connectivity index (χ2v) is 6.07. The summed E-state index contributed by atoms with van der Waals surface area (Å²) in [7, 11) is 0. The highest BCUT2D eigenvalue weighted by molar-refractivity contribution is 8.01. The molecule has 1 heterocycles. The van der Waals surface area contributed by atoms with Crippen LogP contribution in [0.1, 0.15) is 12.7 Å². The molecular formula is C10H9Cl2N3S2. The fourth-order valence-electron chi connectivity index (χ4n) is 1.19. The van der Waals surface area contributed by atoms with Crippen LogP contribution in [0.5, 0.6) is 0 Å². The topological polar surface area (TPSA) is 51.8 Å². The van der Waals surface area contributed by atoms with Crippen LogP contribution in [0.2, 0.25) is 10.0 Å². The normalized spacial score (nSPS) is 10.8. The first-order valence-corrected chi connectivity index (χ1v) is 7.19. The first-order chi connectivity index (χ1) is 8.10. The highest BCUT2D eigenvalue weighted by atomic mass is 35.5. The van der Waals surface area contributed by atoms with E-state index in [0.717, 1.165) is 21.5 Å². The molecule has 1 aromatic heterocycles. The van der Waals surface area contributed by atoms with Crippen molar-refractivity contribution in [3.05, 3.63) is 28.0 Å². The number of aromatic nitrogens is 2. The predicted molar refractivity (Wildman–Crippen MR) is 74.3 cm³/mol. The molecule has 0 atom stereocenters. The molecule has 17 heavy (non-hydrogen) atoms. The molecule has 2 rings (SSSR count). The lowest BCUT2D eigenvalue weighted by atomic mass is 10.3. The molecule has 0 aliphatic heterocycles. The lowest BCUT2D eigenvalue weighted by molar-refractivity contribution is 0.971. The number of anilines is 1. The minimum Gasteiger partial charge on any atom is -0.399 e. The Hall–Kier alpha value is -0.490. The number of nitrogen functional groups attached to an aromatic ring is 1. The van der Waals surface area contributed by atoms with Gasteiger partial charge in [0.1, 0.15) is 5.82 Å². The molecule has 3 nitrogen and oxygen atoms in total. The van der Waals surface area contributed by atoms with Gasteiger partial charge in [0.05, 0.1) is 14.9 Å². The lowest BCUT2D eigenvalue weighted by Gasteiger charge is -2.05. The third-order valence-corrected chi connectivity index (χ3v) is 4.73. The van der Waals surface area contributed by atoms with Gasteiger partial charge in [0.15, 0.2) is 4.34 Å². The third kappa shape index (κ3) is 3.04. The molecule has 0 aliphatic rings. The fourth-order valence-corrected chi connectivity index (χ4v) is 3.57. The molecular weight excluding hydrogens is 297 g/mol. The van der Waals surface area contributed by atoms with Crippen molar-refractivity contribution < 1.29 is 0 Å². The van der Waals surface area contributed by atoms with E-state index in [9.17, 15) is 0 Å². The Morgan fingerprint density at radius 3 is 2.53 bits per heavy atom. The molecule has 0 aliphatic carbocycles. The average Bonchev–Trinajstić information content (AvgIpc) is 2.71. The third-order valence-electron chi connectivity index (χ3n) is 1.98. The summed E-state index contributed by atoms with van der Waals surface area (Å²) in [5.74, 6) is 0.834. The fraction of sp³-hybridized carbons (Fsp3) is 0.200. The summed E-state index contributed by atoms with van der Waals surface area (Å²) >= 11 is 14.9. The van der Waals surface area contributed by atoms with Gasteiger partial charge < -0.3 is 5.73 Å². The van der Waals surface area contributed by atoms with Gasteiger partial charge in [-0.25, -0.2) is 4.98 Å². The number of halogens is 2. The van der Waals surface area contributed by atoms with E-state index < -0.39 is 0 Å². The van der Waals surface area contributed by atoms with Crippen LogP contribution >= 0.6 is 46.5 Å². The van der Waals surface area contributed by atoms with Crippen molar-refractivity contribution in [3.63, 3.8) is 0 Å². The molecule has 2 N–H and O–H groups in total. The Kier molecular flexibility index (Phi) is 4.14. The Labute approximate surface area is 118 Å². The summed E-state index contributed by atoms with van der Waals surface area (Å²) < 4.78 is 5.04. The van der Waals surface area contributed by atoms with Crippen molar-refractivity contribution >= 4 is 52.2 Å². The maximum atomic E-state index is 6.10. The number of nitrogens with two attached hydrogens (primary N) is 1. The summed E-state index contributed by atoms with van der Waals surface area (Å²) in [5.41, 5.74) is 6.20. The van der Waals surface area contributed by atoms with Crippen LogP contribution in [0.3, 0.4) is 0 Å². The largest absolute Gasteiger partial charge is 0.399 e. The van der Waals surface area contributed by atoms with Crippen LogP contribution in [-0.4, -0.2) is 9.36 Å². The molecule has 0 amide bonds. The summed E-state index contributed by atoms with van der Waals surface area (Å²) in [6, 6.07) is 3.36. The number of nitrogens with zero attached hydrogens (tertiary/aromatic N) is 2. The van der Waals surface area contributed by atoms with Crippen molar-refractivity contribution in [1.82, 2.24) is 9.36 Å². The first-order valence-electron chi connectivity index (χ1n) is 4.85. The molecule has 0 saturated carbocycles. The van der Waals surface area contributed by atoms with Gasteiger partial charge in [-0.15, -0.1) is 0 Å². The van der Waals surface area contributed by atoms with Gasteiger partial charge in [0, 0.05) is 12.1 Å². The lowest BCUT2D eigenvalue weighted by Crippen LogP contribution is -1.87. The number of benzene rings is 1. The van der Waals surface area contributed by atoms with Crippen LogP contribution in [0.15, 0.2) is 21.4 Å². The summed E-state index contributed by atoms with van der Waals surface area (Å²) in [6.45, 7) is 2.01. The van der Waals surface area contributed by atoms with E-state index in [-0.39, 0.29) is 0 Å². The standard InChI is InChI=1S/C10H9Cl2N3S2/c1-2-8-14-10(17-15-8)16-9-6(11)3-5(13)4-7(9)12/h3-4H,2,13H2,1H3. The average molecular weight is 306 g/mol. The molecule has 7 heteroatoms. The van der Waals surface area contributed by atoms with Crippen molar-refractivity contribution in [2.45, 2.75) is 22.6 Å². The first kappa shape index (κ1) is 13.0. The Morgan fingerprint density at radius 1 is 1.35 bits per heavy atom. The zero-order chi connectivity index (χ0) is 12.4. The van der Waals surface area contributed by atoms with Gasteiger partial charge in [-0.3, -0.25) is 0 Å². The smallest absolute Gasteiger partial charge is 0.174 e.